The van der Waals surface area contributed by atoms with Crippen molar-refractivity contribution in [2.75, 3.05) is 5.32 Å². The summed E-state index contributed by atoms with van der Waals surface area (Å²) in [5.41, 5.74) is 1.15. The van der Waals surface area contributed by atoms with E-state index in [9.17, 15) is 14.0 Å². The van der Waals surface area contributed by atoms with Gasteiger partial charge in [-0.15, -0.1) is 0 Å². The SMILES string of the molecule is Cc1ccc(F)cc1NC(=O)C1CCC1C(=O)O. The van der Waals surface area contributed by atoms with Gasteiger partial charge in [-0.1, -0.05) is 6.07 Å². The Morgan fingerprint density at radius 1 is 1.33 bits per heavy atom. The number of carbonyl (C=O) groups excluding carboxylic acids is 1. The third-order valence-corrected chi connectivity index (χ3v) is 3.39. The van der Waals surface area contributed by atoms with Crippen molar-refractivity contribution >= 4 is 17.6 Å². The number of aliphatic carboxylic acids is 1. The fourth-order valence-electron chi connectivity index (χ4n) is 2.06. The van der Waals surface area contributed by atoms with Crippen LogP contribution in [-0.4, -0.2) is 17.0 Å². The first kappa shape index (κ1) is 12.5. The molecule has 2 atom stereocenters. The highest BCUT2D eigenvalue weighted by atomic mass is 19.1. The molecule has 0 saturated heterocycles. The molecule has 96 valence electrons. The Kier molecular flexibility index (Phi) is 3.32. The van der Waals surface area contributed by atoms with Crippen molar-refractivity contribution in [3.8, 4) is 0 Å². The summed E-state index contributed by atoms with van der Waals surface area (Å²) in [6.07, 6.45) is 1.09. The van der Waals surface area contributed by atoms with Crippen LogP contribution in [0.5, 0.6) is 0 Å². The lowest BCUT2D eigenvalue weighted by molar-refractivity contribution is -0.151. The highest BCUT2D eigenvalue weighted by Gasteiger charge is 2.41. The van der Waals surface area contributed by atoms with Gasteiger partial charge in [-0.3, -0.25) is 9.59 Å². The fourth-order valence-corrected chi connectivity index (χ4v) is 2.06. The number of hydrogen-bond donors (Lipinski definition) is 2. The lowest BCUT2D eigenvalue weighted by atomic mass is 9.73. The highest BCUT2D eigenvalue weighted by Crippen LogP contribution is 2.35. The maximum atomic E-state index is 13.1. The van der Waals surface area contributed by atoms with Crippen molar-refractivity contribution in [3.63, 3.8) is 0 Å². The summed E-state index contributed by atoms with van der Waals surface area (Å²) in [5, 5.41) is 11.5. The minimum absolute atomic E-state index is 0.345. The lowest BCUT2D eigenvalue weighted by Crippen LogP contribution is -2.41. The van der Waals surface area contributed by atoms with E-state index in [4.69, 9.17) is 5.11 Å². The van der Waals surface area contributed by atoms with Crippen molar-refractivity contribution in [2.24, 2.45) is 11.8 Å². The Bertz CT molecular complexity index is 501. The van der Waals surface area contributed by atoms with E-state index in [1.165, 1.54) is 12.1 Å². The van der Waals surface area contributed by atoms with Gasteiger partial charge in [-0.25, -0.2) is 4.39 Å². The molecular weight excluding hydrogens is 237 g/mol. The minimum Gasteiger partial charge on any atom is -0.481 e. The topological polar surface area (TPSA) is 66.4 Å². The smallest absolute Gasteiger partial charge is 0.307 e. The molecule has 2 N–H and O–H groups in total. The second-order valence-corrected chi connectivity index (χ2v) is 4.58. The summed E-state index contributed by atoms with van der Waals surface area (Å²) in [6.45, 7) is 1.75. The molecule has 2 rings (SSSR count). The van der Waals surface area contributed by atoms with Gasteiger partial charge in [0.1, 0.15) is 5.82 Å². The second kappa shape index (κ2) is 4.76. The molecule has 0 aliphatic heterocycles. The number of benzene rings is 1. The van der Waals surface area contributed by atoms with Crippen LogP contribution in [0.1, 0.15) is 18.4 Å². The maximum absolute atomic E-state index is 13.1. The van der Waals surface area contributed by atoms with Gasteiger partial charge in [0.05, 0.1) is 11.8 Å². The van der Waals surface area contributed by atoms with E-state index < -0.39 is 23.6 Å². The molecule has 1 amide bonds. The normalized spacial score (nSPS) is 22.1. The van der Waals surface area contributed by atoms with Gasteiger partial charge in [0.2, 0.25) is 5.91 Å². The van der Waals surface area contributed by atoms with Crippen LogP contribution in [0.4, 0.5) is 10.1 Å². The first-order chi connectivity index (χ1) is 8.49. The molecule has 1 aliphatic carbocycles. The van der Waals surface area contributed by atoms with Crippen molar-refractivity contribution in [3.05, 3.63) is 29.6 Å². The molecule has 1 aromatic carbocycles. The fraction of sp³-hybridized carbons (Fsp3) is 0.385. The van der Waals surface area contributed by atoms with E-state index in [0.717, 1.165) is 5.56 Å². The lowest BCUT2D eigenvalue weighted by Gasteiger charge is -2.32. The number of halogens is 1. The largest absolute Gasteiger partial charge is 0.481 e. The second-order valence-electron chi connectivity index (χ2n) is 4.58. The molecule has 0 aromatic heterocycles. The quantitative estimate of drug-likeness (QED) is 0.865. The Balaban J connectivity index is 2.08. The van der Waals surface area contributed by atoms with Crippen LogP contribution in [0.2, 0.25) is 0 Å². The Labute approximate surface area is 104 Å². The predicted octanol–water partition coefficient (Wildman–Crippen LogP) is 2.18. The predicted molar refractivity (Wildman–Crippen MR) is 63.6 cm³/mol. The average Bonchev–Trinajstić information content (AvgIpc) is 2.20. The van der Waals surface area contributed by atoms with E-state index in [-0.39, 0.29) is 5.91 Å². The number of carbonyl (C=O) groups is 2. The molecule has 2 unspecified atom stereocenters. The standard InChI is InChI=1S/C13H14FNO3/c1-7-2-3-8(14)6-11(7)15-12(16)9-4-5-10(9)13(17)18/h2-3,6,9-10H,4-5H2,1H3,(H,15,16)(H,17,18). The third-order valence-electron chi connectivity index (χ3n) is 3.39. The van der Waals surface area contributed by atoms with E-state index in [2.05, 4.69) is 5.32 Å². The molecule has 0 radical (unpaired) electrons. The van der Waals surface area contributed by atoms with Gasteiger partial charge >= 0.3 is 5.97 Å². The molecule has 18 heavy (non-hydrogen) atoms. The van der Waals surface area contributed by atoms with E-state index in [0.29, 0.717) is 18.5 Å². The zero-order chi connectivity index (χ0) is 13.3. The van der Waals surface area contributed by atoms with Crippen LogP contribution in [0.15, 0.2) is 18.2 Å². The number of nitrogens with one attached hydrogen (secondary N) is 1. The molecule has 5 heteroatoms. The van der Waals surface area contributed by atoms with Gasteiger partial charge in [0.15, 0.2) is 0 Å². The van der Waals surface area contributed by atoms with Crippen molar-refractivity contribution in [2.45, 2.75) is 19.8 Å². The molecule has 4 nitrogen and oxygen atoms in total. The number of amides is 1. The number of hydrogen-bond acceptors (Lipinski definition) is 2. The first-order valence-corrected chi connectivity index (χ1v) is 5.79. The third kappa shape index (κ3) is 2.34. The Hall–Kier alpha value is -1.91. The molecule has 0 spiro atoms. The van der Waals surface area contributed by atoms with Crippen LogP contribution >= 0.6 is 0 Å². The summed E-state index contributed by atoms with van der Waals surface area (Å²) >= 11 is 0. The van der Waals surface area contributed by atoms with Crippen molar-refractivity contribution in [1.82, 2.24) is 0 Å². The van der Waals surface area contributed by atoms with Crippen LogP contribution in [0.3, 0.4) is 0 Å². The number of carboxylic acid groups (broad SMARTS) is 1. The highest BCUT2D eigenvalue weighted by molar-refractivity contribution is 5.96. The zero-order valence-corrected chi connectivity index (χ0v) is 9.94. The van der Waals surface area contributed by atoms with Crippen molar-refractivity contribution < 1.29 is 19.1 Å². The summed E-state index contributed by atoms with van der Waals surface area (Å²) in [5.74, 6) is -2.84. The average molecular weight is 251 g/mol. The Morgan fingerprint density at radius 3 is 2.56 bits per heavy atom. The molecular formula is C13H14FNO3. The van der Waals surface area contributed by atoms with E-state index >= 15 is 0 Å². The number of anilines is 1. The summed E-state index contributed by atoms with van der Waals surface area (Å²) in [4.78, 5) is 22.7. The van der Waals surface area contributed by atoms with Gasteiger partial charge in [0.25, 0.3) is 0 Å². The maximum Gasteiger partial charge on any atom is 0.307 e. The van der Waals surface area contributed by atoms with Crippen LogP contribution in [0.25, 0.3) is 0 Å². The summed E-state index contributed by atoms with van der Waals surface area (Å²) < 4.78 is 13.1. The van der Waals surface area contributed by atoms with Gasteiger partial charge in [0, 0.05) is 5.69 Å². The molecule has 0 bridgehead atoms. The van der Waals surface area contributed by atoms with Gasteiger partial charge in [-0.05, 0) is 37.5 Å². The number of carboxylic acids is 1. The van der Waals surface area contributed by atoms with Crippen LogP contribution < -0.4 is 5.32 Å². The first-order valence-electron chi connectivity index (χ1n) is 5.79. The summed E-state index contributed by atoms with van der Waals surface area (Å²) in [7, 11) is 0. The summed E-state index contributed by atoms with van der Waals surface area (Å²) in [6, 6.07) is 4.12. The zero-order valence-electron chi connectivity index (χ0n) is 9.94. The Morgan fingerprint density at radius 2 is 2.00 bits per heavy atom. The van der Waals surface area contributed by atoms with Gasteiger partial charge in [-0.2, -0.15) is 0 Å². The number of aryl methyl sites for hydroxylation is 1. The molecule has 1 saturated carbocycles. The minimum atomic E-state index is -0.947. The molecule has 1 fully saturated rings. The van der Waals surface area contributed by atoms with E-state index in [1.807, 2.05) is 0 Å². The molecule has 0 heterocycles. The number of rotatable bonds is 3. The van der Waals surface area contributed by atoms with Gasteiger partial charge < -0.3 is 10.4 Å². The van der Waals surface area contributed by atoms with Crippen LogP contribution in [0, 0.1) is 24.6 Å². The monoisotopic (exact) mass is 251 g/mol. The van der Waals surface area contributed by atoms with Crippen LogP contribution in [-0.2, 0) is 9.59 Å². The van der Waals surface area contributed by atoms with Crippen molar-refractivity contribution in [1.29, 1.82) is 0 Å². The molecule has 1 aliphatic rings. The molecule has 1 aromatic rings. The van der Waals surface area contributed by atoms with E-state index in [1.54, 1.807) is 13.0 Å².